The van der Waals surface area contributed by atoms with E-state index in [0.29, 0.717) is 6.07 Å². The van der Waals surface area contributed by atoms with Crippen LogP contribution < -0.4 is 4.74 Å². The SMILES string of the molecule is COc1cc(Cl)c(F)cc1C(F)(F)F. The molecule has 1 nitrogen and oxygen atoms in total. The van der Waals surface area contributed by atoms with Crippen molar-refractivity contribution in [3.63, 3.8) is 0 Å². The summed E-state index contributed by atoms with van der Waals surface area (Å²) in [6.45, 7) is 0. The van der Waals surface area contributed by atoms with Crippen molar-refractivity contribution in [3.05, 3.63) is 28.5 Å². The van der Waals surface area contributed by atoms with Crippen LogP contribution in [0.15, 0.2) is 12.1 Å². The van der Waals surface area contributed by atoms with Crippen molar-refractivity contribution in [2.24, 2.45) is 0 Å². The van der Waals surface area contributed by atoms with Gasteiger partial charge in [-0.3, -0.25) is 0 Å². The number of benzene rings is 1. The zero-order valence-electron chi connectivity index (χ0n) is 6.95. The van der Waals surface area contributed by atoms with Gasteiger partial charge >= 0.3 is 6.18 Å². The van der Waals surface area contributed by atoms with Crippen LogP contribution >= 0.6 is 11.6 Å². The van der Waals surface area contributed by atoms with Crippen molar-refractivity contribution >= 4 is 11.6 Å². The highest BCUT2D eigenvalue weighted by molar-refractivity contribution is 6.30. The van der Waals surface area contributed by atoms with E-state index in [9.17, 15) is 17.6 Å². The van der Waals surface area contributed by atoms with Gasteiger partial charge in [0.05, 0.1) is 12.1 Å². The fraction of sp³-hybridized carbons (Fsp3) is 0.250. The quantitative estimate of drug-likeness (QED) is 0.669. The second-order valence-corrected chi connectivity index (χ2v) is 2.87. The van der Waals surface area contributed by atoms with Gasteiger partial charge in [-0.05, 0) is 6.07 Å². The molecule has 0 amide bonds. The molecule has 0 aliphatic rings. The first kappa shape index (κ1) is 11.1. The third-order valence-corrected chi connectivity index (χ3v) is 1.84. The Bertz CT molecular complexity index is 348. The van der Waals surface area contributed by atoms with Gasteiger partial charge in [0.1, 0.15) is 17.1 Å². The average molecular weight is 229 g/mol. The fourth-order valence-corrected chi connectivity index (χ4v) is 1.07. The van der Waals surface area contributed by atoms with Crippen LogP contribution in [0.5, 0.6) is 5.75 Å². The molecule has 0 saturated heterocycles. The summed E-state index contributed by atoms with van der Waals surface area (Å²) in [5.74, 6) is -1.62. The Hall–Kier alpha value is -0.970. The molecule has 78 valence electrons. The number of rotatable bonds is 1. The van der Waals surface area contributed by atoms with E-state index >= 15 is 0 Å². The Balaban J connectivity index is 3.35. The van der Waals surface area contributed by atoms with Crippen LogP contribution in [0, 0.1) is 5.82 Å². The molecule has 14 heavy (non-hydrogen) atoms. The summed E-state index contributed by atoms with van der Waals surface area (Å²) in [5, 5.41) is -0.408. The van der Waals surface area contributed by atoms with E-state index in [0.717, 1.165) is 13.2 Å². The molecule has 0 aliphatic heterocycles. The molecule has 6 heteroatoms. The number of hydrogen-bond donors (Lipinski definition) is 0. The molecule has 0 heterocycles. The normalized spacial score (nSPS) is 11.6. The molecule has 0 spiro atoms. The molecule has 0 N–H and O–H groups in total. The molecule has 0 aromatic heterocycles. The maximum atomic E-state index is 12.7. The number of methoxy groups -OCH3 is 1. The summed E-state index contributed by atoms with van der Waals surface area (Å²) in [4.78, 5) is 0. The molecule has 0 unspecified atom stereocenters. The molecular formula is C8H5ClF4O. The van der Waals surface area contributed by atoms with Crippen LogP contribution in [0.3, 0.4) is 0 Å². The van der Waals surface area contributed by atoms with Crippen LogP contribution in [0.25, 0.3) is 0 Å². The molecule has 0 fully saturated rings. The van der Waals surface area contributed by atoms with E-state index in [1.165, 1.54) is 0 Å². The Labute approximate surface area is 82.2 Å². The minimum absolute atomic E-state index is 0.307. The van der Waals surface area contributed by atoms with Gasteiger partial charge in [0.25, 0.3) is 0 Å². The molecule has 0 radical (unpaired) electrons. The summed E-state index contributed by atoms with van der Waals surface area (Å²) in [7, 11) is 1.05. The Morgan fingerprint density at radius 2 is 1.86 bits per heavy atom. The first-order valence-corrected chi connectivity index (χ1v) is 3.84. The third kappa shape index (κ3) is 2.09. The minimum Gasteiger partial charge on any atom is -0.496 e. The predicted octanol–water partition coefficient (Wildman–Crippen LogP) is 3.51. The van der Waals surface area contributed by atoms with Gasteiger partial charge in [-0.15, -0.1) is 0 Å². The van der Waals surface area contributed by atoms with E-state index < -0.39 is 28.3 Å². The van der Waals surface area contributed by atoms with E-state index in [1.54, 1.807) is 0 Å². The van der Waals surface area contributed by atoms with Crippen LogP contribution in [0.4, 0.5) is 17.6 Å². The number of halogens is 5. The molecule has 1 aromatic rings. The molecule has 0 aliphatic carbocycles. The van der Waals surface area contributed by atoms with E-state index in [2.05, 4.69) is 4.74 Å². The summed E-state index contributed by atoms with van der Waals surface area (Å²) < 4.78 is 53.9. The van der Waals surface area contributed by atoms with Crippen molar-refractivity contribution in [2.75, 3.05) is 7.11 Å². The highest BCUT2D eigenvalue weighted by atomic mass is 35.5. The summed E-state index contributed by atoms with van der Waals surface area (Å²) in [6.07, 6.45) is -4.66. The summed E-state index contributed by atoms with van der Waals surface area (Å²) in [5.41, 5.74) is -1.18. The monoisotopic (exact) mass is 228 g/mol. The Morgan fingerprint density at radius 1 is 1.29 bits per heavy atom. The average Bonchev–Trinajstić information content (AvgIpc) is 2.07. The van der Waals surface area contributed by atoms with Gasteiger partial charge in [-0.2, -0.15) is 13.2 Å². The first-order chi connectivity index (χ1) is 6.36. The lowest BCUT2D eigenvalue weighted by molar-refractivity contribution is -0.138. The molecule has 0 atom stereocenters. The van der Waals surface area contributed by atoms with Crippen molar-refractivity contribution in [1.29, 1.82) is 0 Å². The predicted molar refractivity (Wildman–Crippen MR) is 43.0 cm³/mol. The van der Waals surface area contributed by atoms with Crippen molar-refractivity contribution in [2.45, 2.75) is 6.18 Å². The zero-order valence-corrected chi connectivity index (χ0v) is 7.71. The topological polar surface area (TPSA) is 9.23 Å². The summed E-state index contributed by atoms with van der Waals surface area (Å²) in [6, 6.07) is 1.10. The largest absolute Gasteiger partial charge is 0.496 e. The van der Waals surface area contributed by atoms with Crippen molar-refractivity contribution < 1.29 is 22.3 Å². The smallest absolute Gasteiger partial charge is 0.420 e. The molecule has 1 rings (SSSR count). The van der Waals surface area contributed by atoms with Crippen LogP contribution in [0.1, 0.15) is 5.56 Å². The third-order valence-electron chi connectivity index (χ3n) is 1.55. The number of hydrogen-bond acceptors (Lipinski definition) is 1. The highest BCUT2D eigenvalue weighted by Crippen LogP contribution is 2.38. The van der Waals surface area contributed by atoms with Gasteiger partial charge in [0.15, 0.2) is 0 Å². The lowest BCUT2D eigenvalue weighted by atomic mass is 10.2. The standard InChI is InChI=1S/C8H5ClF4O/c1-14-7-3-5(9)6(10)2-4(7)8(11,12)13/h2-3H,1H3. The molecule has 0 bridgehead atoms. The Kier molecular flexibility index (Phi) is 2.89. The van der Waals surface area contributed by atoms with Crippen molar-refractivity contribution in [3.8, 4) is 5.75 Å². The second-order valence-electron chi connectivity index (χ2n) is 2.46. The van der Waals surface area contributed by atoms with Gasteiger partial charge < -0.3 is 4.74 Å². The second kappa shape index (κ2) is 3.65. The van der Waals surface area contributed by atoms with Gasteiger partial charge in [-0.1, -0.05) is 11.6 Å². The fourth-order valence-electron chi connectivity index (χ4n) is 0.919. The number of ether oxygens (including phenoxy) is 1. The maximum Gasteiger partial charge on any atom is 0.420 e. The van der Waals surface area contributed by atoms with Gasteiger partial charge in [0.2, 0.25) is 0 Å². The highest BCUT2D eigenvalue weighted by Gasteiger charge is 2.35. The lowest BCUT2D eigenvalue weighted by Crippen LogP contribution is -2.08. The van der Waals surface area contributed by atoms with E-state index in [4.69, 9.17) is 11.6 Å². The van der Waals surface area contributed by atoms with Crippen LogP contribution in [0.2, 0.25) is 5.02 Å². The van der Waals surface area contributed by atoms with Gasteiger partial charge in [0, 0.05) is 6.07 Å². The first-order valence-electron chi connectivity index (χ1n) is 3.46. The van der Waals surface area contributed by atoms with Crippen LogP contribution in [-0.4, -0.2) is 7.11 Å². The zero-order chi connectivity index (χ0) is 10.9. The van der Waals surface area contributed by atoms with E-state index in [1.807, 2.05) is 0 Å². The lowest BCUT2D eigenvalue weighted by Gasteiger charge is -2.12. The minimum atomic E-state index is -4.66. The summed E-state index contributed by atoms with van der Waals surface area (Å²) >= 11 is 5.29. The Morgan fingerprint density at radius 3 is 2.29 bits per heavy atom. The number of alkyl halides is 3. The molecule has 0 saturated carbocycles. The molecule has 1 aromatic carbocycles. The van der Waals surface area contributed by atoms with Gasteiger partial charge in [-0.25, -0.2) is 4.39 Å². The van der Waals surface area contributed by atoms with Crippen molar-refractivity contribution in [1.82, 2.24) is 0 Å². The molecular weight excluding hydrogens is 224 g/mol. The van der Waals surface area contributed by atoms with E-state index in [-0.39, 0.29) is 0 Å². The maximum absolute atomic E-state index is 12.7. The van der Waals surface area contributed by atoms with Crippen LogP contribution in [-0.2, 0) is 6.18 Å².